The molecule has 0 aromatic carbocycles. The molecule has 0 saturated carbocycles. The number of aliphatic hydroxyl groups is 1. The highest BCUT2D eigenvalue weighted by Gasteiger charge is 2.36. The molecule has 7 heteroatoms. The number of Topliss-reactive ketones (excluding diaryl/α,β-unsaturated/α-hetero) is 1. The quantitative estimate of drug-likeness (QED) is 0.215. The second kappa shape index (κ2) is 6.90. The van der Waals surface area contributed by atoms with E-state index in [-0.39, 0.29) is 13.2 Å². The standard InChI is InChI=1S/C10H16N2O5/c1-4-17-9(14)8(12-11)7(13)5-10(2,15)6-16-3/h15H,4-6H2,1-3H3/t10-/m1/s1. The van der Waals surface area contributed by atoms with Gasteiger partial charge in [-0.3, -0.25) is 4.79 Å². The van der Waals surface area contributed by atoms with E-state index >= 15 is 0 Å². The van der Waals surface area contributed by atoms with Crippen molar-refractivity contribution in [3.8, 4) is 0 Å². The van der Waals surface area contributed by atoms with Crippen LogP contribution >= 0.6 is 0 Å². The molecule has 0 amide bonds. The van der Waals surface area contributed by atoms with Crippen molar-refractivity contribution in [3.05, 3.63) is 5.53 Å². The summed E-state index contributed by atoms with van der Waals surface area (Å²) >= 11 is 0. The van der Waals surface area contributed by atoms with Crippen molar-refractivity contribution in [3.63, 3.8) is 0 Å². The van der Waals surface area contributed by atoms with E-state index in [1.165, 1.54) is 14.0 Å². The summed E-state index contributed by atoms with van der Waals surface area (Å²) in [4.78, 5) is 25.4. The zero-order valence-electron chi connectivity index (χ0n) is 10.1. The summed E-state index contributed by atoms with van der Waals surface area (Å²) in [6, 6.07) is 0. The summed E-state index contributed by atoms with van der Waals surface area (Å²) in [6.07, 6.45) is -0.404. The minimum absolute atomic E-state index is 0.0552. The monoisotopic (exact) mass is 244 g/mol. The van der Waals surface area contributed by atoms with E-state index in [2.05, 4.69) is 9.53 Å². The Bertz CT molecular complexity index is 345. The molecule has 17 heavy (non-hydrogen) atoms. The van der Waals surface area contributed by atoms with Crippen molar-refractivity contribution in [2.45, 2.75) is 25.9 Å². The molecule has 1 N–H and O–H groups in total. The number of rotatable bonds is 7. The molecule has 0 unspecified atom stereocenters. The molecule has 7 nitrogen and oxygen atoms in total. The zero-order chi connectivity index (χ0) is 13.5. The summed E-state index contributed by atoms with van der Waals surface area (Å²) in [5.41, 5.74) is 6.40. The maximum atomic E-state index is 11.6. The molecule has 0 aliphatic heterocycles. The van der Waals surface area contributed by atoms with Crippen LogP contribution in [0.15, 0.2) is 0 Å². The fourth-order valence-corrected chi connectivity index (χ4v) is 1.20. The van der Waals surface area contributed by atoms with Crippen molar-refractivity contribution in [1.82, 2.24) is 0 Å². The van der Waals surface area contributed by atoms with Crippen LogP contribution in [0.5, 0.6) is 0 Å². The first kappa shape index (κ1) is 15.4. The highest BCUT2D eigenvalue weighted by molar-refractivity contribution is 6.62. The van der Waals surface area contributed by atoms with Crippen molar-refractivity contribution in [2.75, 3.05) is 20.3 Å². The molecule has 1 atom stereocenters. The van der Waals surface area contributed by atoms with Crippen molar-refractivity contribution < 1.29 is 29.0 Å². The Hall–Kier alpha value is -1.56. The third-order valence-electron chi connectivity index (χ3n) is 1.83. The van der Waals surface area contributed by atoms with Crippen LogP contribution in [0.3, 0.4) is 0 Å². The largest absolute Gasteiger partial charge is 0.457 e. The van der Waals surface area contributed by atoms with Crippen molar-refractivity contribution in [1.29, 1.82) is 0 Å². The summed E-state index contributed by atoms with van der Waals surface area (Å²) in [7, 11) is 1.37. The lowest BCUT2D eigenvalue weighted by molar-refractivity contribution is -0.142. The Morgan fingerprint density at radius 1 is 1.47 bits per heavy atom. The number of carbonyl (C=O) groups is 2. The third kappa shape index (κ3) is 5.35. The van der Waals surface area contributed by atoms with Crippen molar-refractivity contribution in [2.24, 2.45) is 0 Å². The van der Waals surface area contributed by atoms with Gasteiger partial charge in [-0.05, 0) is 13.8 Å². The van der Waals surface area contributed by atoms with Crippen LogP contribution in [0.1, 0.15) is 20.3 Å². The predicted molar refractivity (Wildman–Crippen MR) is 57.4 cm³/mol. The van der Waals surface area contributed by atoms with Crippen LogP contribution in [0.4, 0.5) is 0 Å². The van der Waals surface area contributed by atoms with Gasteiger partial charge in [0, 0.05) is 13.5 Å². The van der Waals surface area contributed by atoms with Gasteiger partial charge in [-0.25, -0.2) is 4.79 Å². The minimum Gasteiger partial charge on any atom is -0.457 e. The van der Waals surface area contributed by atoms with Crippen LogP contribution in [0, 0.1) is 0 Å². The average molecular weight is 244 g/mol. The molecule has 0 radical (unpaired) electrons. The molecular formula is C10H16N2O5. The third-order valence-corrected chi connectivity index (χ3v) is 1.83. The molecular weight excluding hydrogens is 228 g/mol. The van der Waals surface area contributed by atoms with Crippen LogP contribution in [-0.4, -0.2) is 53.3 Å². The number of methoxy groups -OCH3 is 1. The lowest BCUT2D eigenvalue weighted by atomic mass is 9.98. The predicted octanol–water partition coefficient (Wildman–Crippen LogP) is -0.423. The smallest absolute Gasteiger partial charge is 0.441 e. The highest BCUT2D eigenvalue weighted by Crippen LogP contribution is 2.10. The number of hydrogen-bond acceptors (Lipinski definition) is 5. The Kier molecular flexibility index (Phi) is 6.27. The van der Waals surface area contributed by atoms with E-state index in [0.29, 0.717) is 0 Å². The second-order valence-electron chi connectivity index (χ2n) is 3.70. The average Bonchev–Trinajstić information content (AvgIpc) is 2.17. The molecule has 0 fully saturated rings. The number of nitrogens with zero attached hydrogens (tertiary/aromatic N) is 2. The van der Waals surface area contributed by atoms with Gasteiger partial charge >= 0.3 is 11.7 Å². The van der Waals surface area contributed by atoms with E-state index in [1.807, 2.05) is 0 Å². The van der Waals surface area contributed by atoms with E-state index in [9.17, 15) is 14.7 Å². The summed E-state index contributed by atoms with van der Waals surface area (Å²) in [6.45, 7) is 2.90. The molecule has 0 saturated heterocycles. The molecule has 0 heterocycles. The first-order valence-corrected chi connectivity index (χ1v) is 5.01. The summed E-state index contributed by atoms with van der Waals surface area (Å²) < 4.78 is 9.24. The van der Waals surface area contributed by atoms with Crippen LogP contribution in [-0.2, 0) is 19.1 Å². The van der Waals surface area contributed by atoms with Crippen LogP contribution in [0.2, 0.25) is 0 Å². The van der Waals surface area contributed by atoms with Gasteiger partial charge in [-0.15, -0.1) is 0 Å². The number of esters is 1. The Morgan fingerprint density at radius 3 is 2.47 bits per heavy atom. The topological polar surface area (TPSA) is 109 Å². The van der Waals surface area contributed by atoms with E-state index in [1.54, 1.807) is 6.92 Å². The highest BCUT2D eigenvalue weighted by atomic mass is 16.5. The second-order valence-corrected chi connectivity index (χ2v) is 3.70. The number of hydrogen-bond donors (Lipinski definition) is 1. The molecule has 0 spiro atoms. The van der Waals surface area contributed by atoms with Gasteiger partial charge in [0.25, 0.3) is 5.78 Å². The maximum absolute atomic E-state index is 11.6. The van der Waals surface area contributed by atoms with Gasteiger partial charge in [0.05, 0.1) is 18.8 Å². The van der Waals surface area contributed by atoms with E-state index in [0.717, 1.165) is 0 Å². The Balaban J connectivity index is 4.69. The van der Waals surface area contributed by atoms with Gasteiger partial charge < -0.3 is 20.1 Å². The van der Waals surface area contributed by atoms with Crippen molar-refractivity contribution >= 4 is 17.5 Å². The van der Waals surface area contributed by atoms with Gasteiger partial charge in [0.2, 0.25) is 0 Å². The van der Waals surface area contributed by atoms with E-state index < -0.39 is 29.5 Å². The Labute approximate surface area is 99.0 Å². The SMILES string of the molecule is CCOC(=O)C(=[N+]=[N-])C(=O)C[C@@](C)(O)COC. The Morgan fingerprint density at radius 2 is 2.06 bits per heavy atom. The lowest BCUT2D eigenvalue weighted by Gasteiger charge is -2.19. The first-order valence-electron chi connectivity index (χ1n) is 5.01. The van der Waals surface area contributed by atoms with E-state index in [4.69, 9.17) is 10.3 Å². The lowest BCUT2D eigenvalue weighted by Crippen LogP contribution is -2.38. The van der Waals surface area contributed by atoms with Gasteiger partial charge in [0.15, 0.2) is 0 Å². The minimum atomic E-state index is -1.44. The molecule has 0 aliphatic carbocycles. The molecule has 96 valence electrons. The van der Waals surface area contributed by atoms with Gasteiger partial charge in [-0.2, -0.15) is 4.79 Å². The fourth-order valence-electron chi connectivity index (χ4n) is 1.20. The first-order chi connectivity index (χ1) is 7.87. The molecule has 0 aromatic heterocycles. The maximum Gasteiger partial charge on any atom is 0.441 e. The van der Waals surface area contributed by atoms with Crippen LogP contribution in [0.25, 0.3) is 5.53 Å². The van der Waals surface area contributed by atoms with Crippen LogP contribution < -0.4 is 0 Å². The molecule has 0 aliphatic rings. The van der Waals surface area contributed by atoms with Gasteiger partial charge in [0.1, 0.15) is 0 Å². The summed E-state index contributed by atoms with van der Waals surface area (Å²) in [5, 5.41) is 9.71. The normalized spacial score (nSPS) is 13.4. The van der Waals surface area contributed by atoms with Gasteiger partial charge in [-0.1, -0.05) is 0 Å². The number of ether oxygens (including phenoxy) is 2. The summed E-state index contributed by atoms with van der Waals surface area (Å²) in [5.74, 6) is -1.83. The zero-order valence-corrected chi connectivity index (χ0v) is 10.1. The number of carbonyl (C=O) groups excluding carboxylic acids is 2. The number of ketones is 1. The molecule has 0 bridgehead atoms. The molecule has 0 aromatic rings. The fraction of sp³-hybridized carbons (Fsp3) is 0.700. The molecule has 0 rings (SSSR count).